The minimum atomic E-state index is -1.67. The molecule has 2 aromatic rings. The predicted octanol–water partition coefficient (Wildman–Crippen LogP) is 1.47. The monoisotopic (exact) mass is 299 g/mol. The maximum atomic E-state index is 12.2. The van der Waals surface area contributed by atoms with Crippen LogP contribution in [0.5, 0.6) is 0 Å². The Kier molecular flexibility index (Phi) is 5.27. The van der Waals surface area contributed by atoms with Crippen LogP contribution in [0.1, 0.15) is 15.9 Å². The number of carbonyl (C=O) groups excluding carboxylic acids is 1. The van der Waals surface area contributed by atoms with Crippen molar-refractivity contribution in [1.82, 2.24) is 5.32 Å². The summed E-state index contributed by atoms with van der Waals surface area (Å²) in [6, 6.07) is 16.7. The third-order valence-corrected chi connectivity index (χ3v) is 3.29. The molecule has 114 valence electrons. The van der Waals surface area contributed by atoms with Crippen LogP contribution in [-0.2, 0) is 11.2 Å². The molecule has 2 aromatic carbocycles. The van der Waals surface area contributed by atoms with Gasteiger partial charge in [0.1, 0.15) is 0 Å². The Hall–Kier alpha value is -2.66. The number of hydrogen-bond donors (Lipinski definition) is 3. The summed E-state index contributed by atoms with van der Waals surface area (Å²) >= 11 is 0. The normalized spacial score (nSPS) is 13.1. The largest absolute Gasteiger partial charge is 0.479 e. The summed E-state index contributed by atoms with van der Waals surface area (Å²) in [5.41, 5.74) is 1.25. The Morgan fingerprint density at radius 3 is 2.05 bits per heavy atom. The molecule has 0 aliphatic carbocycles. The van der Waals surface area contributed by atoms with E-state index < -0.39 is 24.0 Å². The van der Waals surface area contributed by atoms with Crippen LogP contribution in [0.4, 0.5) is 0 Å². The van der Waals surface area contributed by atoms with Crippen LogP contribution in [0.25, 0.3) is 0 Å². The quantitative estimate of drug-likeness (QED) is 0.754. The van der Waals surface area contributed by atoms with Gasteiger partial charge in [0.05, 0.1) is 6.04 Å². The van der Waals surface area contributed by atoms with Gasteiger partial charge in [0.25, 0.3) is 5.91 Å². The number of benzene rings is 2. The molecule has 0 spiro atoms. The van der Waals surface area contributed by atoms with E-state index in [2.05, 4.69) is 5.32 Å². The standard InChI is InChI=1S/C17H17NO4/c19-15(17(21)22)14(11-12-7-3-1-4-8-12)18-16(20)13-9-5-2-6-10-13/h1-10,14-15,19H,11H2,(H,18,20)(H,21,22)/t14-,15+/m0/s1. The van der Waals surface area contributed by atoms with Crippen LogP contribution in [0, 0.1) is 0 Å². The number of rotatable bonds is 6. The number of carboxylic acid groups (broad SMARTS) is 1. The Morgan fingerprint density at radius 1 is 0.955 bits per heavy atom. The van der Waals surface area contributed by atoms with E-state index in [4.69, 9.17) is 5.11 Å². The number of carbonyl (C=O) groups is 2. The fourth-order valence-corrected chi connectivity index (χ4v) is 2.12. The number of aliphatic carboxylic acids is 1. The minimum absolute atomic E-state index is 0.229. The molecule has 0 saturated heterocycles. The lowest BCUT2D eigenvalue weighted by Crippen LogP contribution is -2.48. The van der Waals surface area contributed by atoms with Crippen LogP contribution in [0.15, 0.2) is 60.7 Å². The van der Waals surface area contributed by atoms with Gasteiger partial charge >= 0.3 is 5.97 Å². The average Bonchev–Trinajstić information content (AvgIpc) is 2.55. The zero-order chi connectivity index (χ0) is 15.9. The van der Waals surface area contributed by atoms with Gasteiger partial charge in [0, 0.05) is 5.56 Å². The molecule has 0 aliphatic rings. The average molecular weight is 299 g/mol. The van der Waals surface area contributed by atoms with Gasteiger partial charge in [-0.1, -0.05) is 48.5 Å². The van der Waals surface area contributed by atoms with E-state index in [9.17, 15) is 14.7 Å². The van der Waals surface area contributed by atoms with Gasteiger partial charge in [-0.2, -0.15) is 0 Å². The summed E-state index contributed by atoms with van der Waals surface area (Å²) in [5.74, 6) is -1.78. The van der Waals surface area contributed by atoms with E-state index in [-0.39, 0.29) is 6.42 Å². The Morgan fingerprint density at radius 2 is 1.50 bits per heavy atom. The summed E-state index contributed by atoms with van der Waals surface area (Å²) in [7, 11) is 0. The molecule has 22 heavy (non-hydrogen) atoms. The Labute approximate surface area is 128 Å². The summed E-state index contributed by atoms with van der Waals surface area (Å²) < 4.78 is 0. The highest BCUT2D eigenvalue weighted by Crippen LogP contribution is 2.08. The molecule has 2 atom stereocenters. The molecule has 3 N–H and O–H groups in total. The third-order valence-electron chi connectivity index (χ3n) is 3.29. The fourth-order valence-electron chi connectivity index (χ4n) is 2.12. The van der Waals surface area contributed by atoms with Crippen molar-refractivity contribution in [2.24, 2.45) is 0 Å². The summed E-state index contributed by atoms with van der Waals surface area (Å²) in [6.45, 7) is 0. The molecule has 0 fully saturated rings. The molecule has 0 bridgehead atoms. The molecule has 0 unspecified atom stereocenters. The predicted molar refractivity (Wildman–Crippen MR) is 81.5 cm³/mol. The lowest BCUT2D eigenvalue weighted by Gasteiger charge is -2.21. The van der Waals surface area contributed by atoms with Gasteiger partial charge in [0.2, 0.25) is 0 Å². The van der Waals surface area contributed by atoms with Crippen molar-refractivity contribution >= 4 is 11.9 Å². The summed E-state index contributed by atoms with van der Waals surface area (Å²) in [4.78, 5) is 23.2. The van der Waals surface area contributed by atoms with Crippen molar-refractivity contribution in [3.05, 3.63) is 71.8 Å². The SMILES string of the molecule is O=C(N[C@@H](Cc1ccccc1)[C@@H](O)C(=O)O)c1ccccc1. The molecule has 0 aromatic heterocycles. The van der Waals surface area contributed by atoms with E-state index in [0.717, 1.165) is 5.56 Å². The van der Waals surface area contributed by atoms with Crippen LogP contribution < -0.4 is 5.32 Å². The zero-order valence-corrected chi connectivity index (χ0v) is 11.8. The van der Waals surface area contributed by atoms with Crippen molar-refractivity contribution in [3.63, 3.8) is 0 Å². The van der Waals surface area contributed by atoms with Gasteiger partial charge in [-0.3, -0.25) is 4.79 Å². The Bertz CT molecular complexity index is 628. The van der Waals surface area contributed by atoms with Crippen LogP contribution >= 0.6 is 0 Å². The van der Waals surface area contributed by atoms with Gasteiger partial charge in [0.15, 0.2) is 6.10 Å². The second-order valence-corrected chi connectivity index (χ2v) is 4.92. The highest BCUT2D eigenvalue weighted by atomic mass is 16.4. The van der Waals surface area contributed by atoms with E-state index in [1.807, 2.05) is 30.3 Å². The van der Waals surface area contributed by atoms with Gasteiger partial charge in [-0.05, 0) is 24.1 Å². The minimum Gasteiger partial charge on any atom is -0.479 e. The second-order valence-electron chi connectivity index (χ2n) is 4.92. The van der Waals surface area contributed by atoms with Crippen LogP contribution in [0.3, 0.4) is 0 Å². The molecule has 0 aliphatic heterocycles. The first-order valence-electron chi connectivity index (χ1n) is 6.88. The molecular formula is C17H17NO4. The molecule has 0 saturated carbocycles. The molecule has 5 heteroatoms. The zero-order valence-electron chi connectivity index (χ0n) is 11.8. The molecular weight excluding hydrogens is 282 g/mol. The van der Waals surface area contributed by atoms with Crippen molar-refractivity contribution in [3.8, 4) is 0 Å². The fraction of sp³-hybridized carbons (Fsp3) is 0.176. The lowest BCUT2D eigenvalue weighted by molar-refractivity contribution is -0.148. The maximum Gasteiger partial charge on any atom is 0.334 e. The van der Waals surface area contributed by atoms with E-state index in [1.54, 1.807) is 30.3 Å². The molecule has 5 nitrogen and oxygen atoms in total. The van der Waals surface area contributed by atoms with Gasteiger partial charge in [-0.25, -0.2) is 4.79 Å². The highest BCUT2D eigenvalue weighted by Gasteiger charge is 2.27. The molecule has 0 radical (unpaired) electrons. The highest BCUT2D eigenvalue weighted by molar-refractivity contribution is 5.94. The summed E-state index contributed by atoms with van der Waals surface area (Å²) in [6.07, 6.45) is -1.44. The first kappa shape index (κ1) is 15.7. The summed E-state index contributed by atoms with van der Waals surface area (Å²) in [5, 5.41) is 21.4. The van der Waals surface area contributed by atoms with Crippen molar-refractivity contribution in [2.45, 2.75) is 18.6 Å². The number of amides is 1. The van der Waals surface area contributed by atoms with E-state index in [0.29, 0.717) is 5.56 Å². The van der Waals surface area contributed by atoms with Gasteiger partial charge < -0.3 is 15.5 Å². The van der Waals surface area contributed by atoms with Crippen LogP contribution in [0.2, 0.25) is 0 Å². The number of carboxylic acids is 1. The van der Waals surface area contributed by atoms with Crippen molar-refractivity contribution in [1.29, 1.82) is 0 Å². The molecule has 1 amide bonds. The smallest absolute Gasteiger partial charge is 0.334 e. The first-order chi connectivity index (χ1) is 10.6. The van der Waals surface area contributed by atoms with Crippen molar-refractivity contribution < 1.29 is 19.8 Å². The van der Waals surface area contributed by atoms with Gasteiger partial charge in [-0.15, -0.1) is 0 Å². The van der Waals surface area contributed by atoms with E-state index >= 15 is 0 Å². The topological polar surface area (TPSA) is 86.6 Å². The molecule has 0 heterocycles. The maximum absolute atomic E-state index is 12.2. The Balaban J connectivity index is 2.14. The lowest BCUT2D eigenvalue weighted by atomic mass is 10.0. The van der Waals surface area contributed by atoms with E-state index in [1.165, 1.54) is 0 Å². The second kappa shape index (κ2) is 7.38. The van der Waals surface area contributed by atoms with Crippen molar-refractivity contribution in [2.75, 3.05) is 0 Å². The van der Waals surface area contributed by atoms with Crippen LogP contribution in [-0.4, -0.2) is 34.2 Å². The molecule has 2 rings (SSSR count). The number of nitrogens with one attached hydrogen (secondary N) is 1. The first-order valence-corrected chi connectivity index (χ1v) is 6.88. The number of aliphatic hydroxyl groups excluding tert-OH is 1. The number of hydrogen-bond acceptors (Lipinski definition) is 3. The third kappa shape index (κ3) is 4.17. The number of aliphatic hydroxyl groups is 1.